The average molecular weight is 380 g/mol. The Bertz CT molecular complexity index is 1020. The molecule has 0 fully saturated rings. The number of benzene rings is 3. The molecule has 5 nitrogen and oxygen atoms in total. The topological polar surface area (TPSA) is 101 Å². The first-order valence-corrected chi connectivity index (χ1v) is 9.00. The number of hydrogen-bond donors (Lipinski definition) is 5. The molecule has 0 bridgehead atoms. The molecule has 5 heteroatoms. The van der Waals surface area contributed by atoms with E-state index in [2.05, 4.69) is 0 Å². The smallest absolute Gasteiger partial charge is 0.123 e. The van der Waals surface area contributed by atoms with Crippen LogP contribution >= 0.6 is 0 Å². The maximum Gasteiger partial charge on any atom is 0.123 e. The molecule has 0 aliphatic carbocycles. The fourth-order valence-electron chi connectivity index (χ4n) is 3.78. The van der Waals surface area contributed by atoms with Crippen molar-refractivity contribution >= 4 is 0 Å². The molecule has 0 radical (unpaired) electrons. The van der Waals surface area contributed by atoms with Crippen molar-refractivity contribution in [3.8, 4) is 28.7 Å². The lowest BCUT2D eigenvalue weighted by atomic mass is 9.80. The first-order chi connectivity index (χ1) is 13.2. The van der Waals surface area contributed by atoms with Gasteiger partial charge in [0.1, 0.15) is 28.7 Å². The van der Waals surface area contributed by atoms with Gasteiger partial charge >= 0.3 is 0 Å². The third-order valence-corrected chi connectivity index (χ3v) is 5.23. The summed E-state index contributed by atoms with van der Waals surface area (Å²) in [5.74, 6) is -0.399. The zero-order valence-electron chi connectivity index (χ0n) is 16.1. The van der Waals surface area contributed by atoms with Crippen molar-refractivity contribution in [2.24, 2.45) is 0 Å². The summed E-state index contributed by atoms with van der Waals surface area (Å²) >= 11 is 0. The molecule has 0 spiro atoms. The van der Waals surface area contributed by atoms with Crippen molar-refractivity contribution < 1.29 is 25.5 Å². The van der Waals surface area contributed by atoms with Crippen molar-refractivity contribution in [3.05, 3.63) is 75.8 Å². The summed E-state index contributed by atoms with van der Waals surface area (Å²) in [6, 6.07) is 10.8. The van der Waals surface area contributed by atoms with Crippen LogP contribution in [0, 0.1) is 20.8 Å². The second-order valence-corrected chi connectivity index (χ2v) is 7.24. The Morgan fingerprint density at radius 1 is 0.679 bits per heavy atom. The van der Waals surface area contributed by atoms with E-state index in [4.69, 9.17) is 0 Å². The molecule has 3 aromatic carbocycles. The molecule has 0 aromatic heterocycles. The van der Waals surface area contributed by atoms with Crippen LogP contribution in [0.15, 0.2) is 42.5 Å². The van der Waals surface area contributed by atoms with Crippen LogP contribution in [0.5, 0.6) is 28.7 Å². The van der Waals surface area contributed by atoms with E-state index in [0.29, 0.717) is 28.7 Å². The second-order valence-electron chi connectivity index (χ2n) is 7.24. The fourth-order valence-corrected chi connectivity index (χ4v) is 3.78. The Morgan fingerprint density at radius 3 is 1.93 bits per heavy atom. The number of aryl methyl sites for hydroxylation is 2. The molecule has 146 valence electrons. The van der Waals surface area contributed by atoms with Crippen LogP contribution in [-0.2, 0) is 6.42 Å². The van der Waals surface area contributed by atoms with E-state index in [1.165, 1.54) is 12.1 Å². The van der Waals surface area contributed by atoms with Gasteiger partial charge in [0.05, 0.1) is 0 Å². The summed E-state index contributed by atoms with van der Waals surface area (Å²) in [7, 11) is 0. The molecular formula is C23H24O5. The molecule has 0 heterocycles. The van der Waals surface area contributed by atoms with Crippen LogP contribution in [0.25, 0.3) is 0 Å². The number of aromatic hydroxyl groups is 5. The summed E-state index contributed by atoms with van der Waals surface area (Å²) in [6.45, 7) is 5.44. The quantitative estimate of drug-likeness (QED) is 0.458. The van der Waals surface area contributed by atoms with Gasteiger partial charge < -0.3 is 25.5 Å². The molecule has 3 aromatic rings. The van der Waals surface area contributed by atoms with E-state index < -0.39 is 0 Å². The van der Waals surface area contributed by atoms with Gasteiger partial charge in [-0.05, 0) is 79.3 Å². The Balaban J connectivity index is 2.23. The maximum absolute atomic E-state index is 10.6. The normalized spacial score (nSPS) is 12.1. The molecule has 0 saturated heterocycles. The van der Waals surface area contributed by atoms with Crippen LogP contribution in [0.4, 0.5) is 0 Å². The predicted molar refractivity (Wildman–Crippen MR) is 107 cm³/mol. The maximum atomic E-state index is 10.6. The SMILES string of the molecule is Cc1cc(O)ccc1CC(c1cc(O)cc(O)c1C)c1c(C)cc(O)cc1O. The minimum absolute atomic E-state index is 0.0293. The molecule has 28 heavy (non-hydrogen) atoms. The van der Waals surface area contributed by atoms with Crippen LogP contribution < -0.4 is 0 Å². The zero-order chi connectivity index (χ0) is 20.6. The third kappa shape index (κ3) is 3.69. The minimum Gasteiger partial charge on any atom is -0.508 e. The summed E-state index contributed by atoms with van der Waals surface area (Å²) in [4.78, 5) is 0. The van der Waals surface area contributed by atoms with Gasteiger partial charge in [-0.2, -0.15) is 0 Å². The van der Waals surface area contributed by atoms with E-state index in [9.17, 15) is 25.5 Å². The number of phenolic OH excluding ortho intramolecular Hbond substituents is 5. The molecule has 0 aliphatic heterocycles. The summed E-state index contributed by atoms with van der Waals surface area (Å²) < 4.78 is 0. The van der Waals surface area contributed by atoms with Crippen molar-refractivity contribution in [3.63, 3.8) is 0 Å². The number of phenols is 5. The standard InChI is InChI=1S/C23H24O5/c1-12-6-16(24)5-4-15(12)8-20(19-9-18(26)10-21(27)14(19)3)23-13(2)7-17(25)11-22(23)28/h4-7,9-11,20,24-28H,8H2,1-3H3. The Morgan fingerprint density at radius 2 is 1.29 bits per heavy atom. The Kier molecular flexibility index (Phi) is 5.10. The lowest BCUT2D eigenvalue weighted by molar-refractivity contribution is 0.437. The molecular weight excluding hydrogens is 356 g/mol. The molecule has 0 aliphatic rings. The van der Waals surface area contributed by atoms with Gasteiger partial charge in [0.25, 0.3) is 0 Å². The van der Waals surface area contributed by atoms with Gasteiger partial charge in [-0.1, -0.05) is 6.07 Å². The van der Waals surface area contributed by atoms with Crippen LogP contribution in [-0.4, -0.2) is 25.5 Å². The molecule has 5 N–H and O–H groups in total. The lowest BCUT2D eigenvalue weighted by Gasteiger charge is -2.24. The van der Waals surface area contributed by atoms with Gasteiger partial charge in [-0.25, -0.2) is 0 Å². The lowest BCUT2D eigenvalue weighted by Crippen LogP contribution is -2.10. The largest absolute Gasteiger partial charge is 0.508 e. The van der Waals surface area contributed by atoms with Gasteiger partial charge in [-0.15, -0.1) is 0 Å². The first kappa shape index (κ1) is 19.4. The van der Waals surface area contributed by atoms with Gasteiger partial charge in [0.2, 0.25) is 0 Å². The summed E-state index contributed by atoms with van der Waals surface area (Å²) in [6.07, 6.45) is 0.467. The summed E-state index contributed by atoms with van der Waals surface area (Å²) in [5.41, 5.74) is 4.43. The van der Waals surface area contributed by atoms with Crippen LogP contribution in [0.2, 0.25) is 0 Å². The monoisotopic (exact) mass is 380 g/mol. The summed E-state index contributed by atoms with van der Waals surface area (Å²) in [5, 5.41) is 50.4. The molecule has 0 amide bonds. The molecule has 1 unspecified atom stereocenters. The molecule has 1 atom stereocenters. The van der Waals surface area contributed by atoms with Crippen molar-refractivity contribution in [2.45, 2.75) is 33.1 Å². The number of rotatable bonds is 4. The molecule has 0 saturated carbocycles. The second kappa shape index (κ2) is 7.35. The number of hydrogen-bond acceptors (Lipinski definition) is 5. The predicted octanol–water partition coefficient (Wildman–Crippen LogP) is 4.51. The zero-order valence-corrected chi connectivity index (χ0v) is 16.1. The average Bonchev–Trinajstić information content (AvgIpc) is 2.58. The third-order valence-electron chi connectivity index (χ3n) is 5.23. The van der Waals surface area contributed by atoms with Crippen molar-refractivity contribution in [1.82, 2.24) is 0 Å². The fraction of sp³-hybridized carbons (Fsp3) is 0.217. The van der Waals surface area contributed by atoms with E-state index in [-0.39, 0.29) is 34.7 Å². The highest BCUT2D eigenvalue weighted by molar-refractivity contribution is 5.55. The highest BCUT2D eigenvalue weighted by atomic mass is 16.3. The van der Waals surface area contributed by atoms with E-state index in [0.717, 1.165) is 11.1 Å². The minimum atomic E-state index is -0.387. The van der Waals surface area contributed by atoms with E-state index >= 15 is 0 Å². The Labute approximate surface area is 163 Å². The van der Waals surface area contributed by atoms with Gasteiger partial charge in [-0.3, -0.25) is 0 Å². The first-order valence-electron chi connectivity index (χ1n) is 9.00. The highest BCUT2D eigenvalue weighted by Crippen LogP contribution is 2.42. The van der Waals surface area contributed by atoms with Crippen molar-refractivity contribution in [2.75, 3.05) is 0 Å². The van der Waals surface area contributed by atoms with Gasteiger partial charge in [0, 0.05) is 23.6 Å². The van der Waals surface area contributed by atoms with Gasteiger partial charge in [0.15, 0.2) is 0 Å². The van der Waals surface area contributed by atoms with E-state index in [1.807, 2.05) is 13.0 Å². The van der Waals surface area contributed by atoms with Crippen molar-refractivity contribution in [1.29, 1.82) is 0 Å². The van der Waals surface area contributed by atoms with Crippen LogP contribution in [0.3, 0.4) is 0 Å². The van der Waals surface area contributed by atoms with Crippen LogP contribution in [0.1, 0.15) is 39.3 Å². The highest BCUT2D eigenvalue weighted by Gasteiger charge is 2.25. The van der Waals surface area contributed by atoms with E-state index in [1.54, 1.807) is 38.1 Å². The Hall–Kier alpha value is -3.34. The molecule has 3 rings (SSSR count).